The number of carbonyl (C=O) groups is 1. The van der Waals surface area contributed by atoms with Crippen LogP contribution in [0, 0.1) is 13.8 Å². The maximum atomic E-state index is 13.0. The number of amides is 1. The van der Waals surface area contributed by atoms with E-state index in [9.17, 15) is 4.79 Å². The Morgan fingerprint density at radius 1 is 0.971 bits per heavy atom. The van der Waals surface area contributed by atoms with Crippen molar-refractivity contribution in [2.45, 2.75) is 13.8 Å². The van der Waals surface area contributed by atoms with E-state index in [0.717, 1.165) is 44.2 Å². The van der Waals surface area contributed by atoms with Gasteiger partial charge in [0.05, 0.1) is 12.7 Å². The zero-order valence-electron chi connectivity index (χ0n) is 19.5. The maximum absolute atomic E-state index is 13.0. The van der Waals surface area contributed by atoms with E-state index in [2.05, 4.69) is 15.6 Å². The minimum atomic E-state index is -0.353. The number of thiocarbonyl (C=S) groups is 1. The summed E-state index contributed by atoms with van der Waals surface area (Å²) < 4.78 is 11.4. The SMILES string of the molecule is COc1cc2ccccc2cc1C(=O)NC(=S)Nc1cc(-c2nc3cc(C)ccc3o2)ccc1C. The fourth-order valence-electron chi connectivity index (χ4n) is 3.94. The van der Waals surface area contributed by atoms with Crippen LogP contribution in [0.4, 0.5) is 5.69 Å². The monoisotopic (exact) mass is 481 g/mol. The first kappa shape index (κ1) is 22.6. The first-order valence-corrected chi connectivity index (χ1v) is 11.5. The van der Waals surface area contributed by atoms with Crippen LogP contribution < -0.4 is 15.4 Å². The summed E-state index contributed by atoms with van der Waals surface area (Å²) >= 11 is 5.45. The molecule has 174 valence electrons. The van der Waals surface area contributed by atoms with E-state index in [0.29, 0.717) is 17.2 Å². The summed E-state index contributed by atoms with van der Waals surface area (Å²) in [5, 5.41) is 8.00. The molecule has 5 aromatic rings. The zero-order valence-corrected chi connectivity index (χ0v) is 20.3. The van der Waals surface area contributed by atoms with Crippen molar-refractivity contribution in [3.05, 3.63) is 89.5 Å². The van der Waals surface area contributed by atoms with Gasteiger partial charge in [0.25, 0.3) is 5.91 Å². The highest BCUT2D eigenvalue weighted by atomic mass is 32.1. The Labute approximate surface area is 207 Å². The van der Waals surface area contributed by atoms with Crippen molar-refractivity contribution in [2.75, 3.05) is 12.4 Å². The van der Waals surface area contributed by atoms with E-state index in [1.807, 2.05) is 80.6 Å². The predicted octanol–water partition coefficient (Wildman–Crippen LogP) is 6.40. The topological polar surface area (TPSA) is 76.4 Å². The molecule has 1 aromatic heterocycles. The Morgan fingerprint density at radius 3 is 2.51 bits per heavy atom. The van der Waals surface area contributed by atoms with Crippen molar-refractivity contribution in [3.63, 3.8) is 0 Å². The standard InChI is InChI=1S/C28H23N3O3S/c1-16-8-11-24-23(12-16)29-27(34-24)20-10-9-17(2)22(14-20)30-28(35)31-26(32)21-13-18-6-4-5-7-19(18)15-25(21)33-3/h4-15H,1-3H3,(H2,30,31,32,35). The maximum Gasteiger partial charge on any atom is 0.261 e. The summed E-state index contributed by atoms with van der Waals surface area (Å²) in [6, 6.07) is 23.1. The molecule has 35 heavy (non-hydrogen) atoms. The minimum absolute atomic E-state index is 0.179. The lowest BCUT2D eigenvalue weighted by molar-refractivity contribution is 0.0975. The van der Waals surface area contributed by atoms with Gasteiger partial charge in [0.15, 0.2) is 10.7 Å². The fraction of sp³-hybridized carbons (Fsp3) is 0.107. The third-order valence-electron chi connectivity index (χ3n) is 5.82. The molecule has 1 amide bonds. The van der Waals surface area contributed by atoms with E-state index in [1.165, 1.54) is 0 Å². The molecule has 6 nitrogen and oxygen atoms in total. The molecular weight excluding hydrogens is 458 g/mol. The van der Waals surface area contributed by atoms with E-state index in [-0.39, 0.29) is 11.0 Å². The van der Waals surface area contributed by atoms with Gasteiger partial charge in [-0.3, -0.25) is 10.1 Å². The van der Waals surface area contributed by atoms with Crippen molar-refractivity contribution >= 4 is 50.8 Å². The van der Waals surface area contributed by atoms with E-state index in [4.69, 9.17) is 21.4 Å². The van der Waals surface area contributed by atoms with Crippen molar-refractivity contribution < 1.29 is 13.9 Å². The van der Waals surface area contributed by atoms with Crippen LogP contribution in [0.2, 0.25) is 0 Å². The highest BCUT2D eigenvalue weighted by molar-refractivity contribution is 7.80. The van der Waals surface area contributed by atoms with Gasteiger partial charge in [0, 0.05) is 11.3 Å². The number of hydrogen-bond donors (Lipinski definition) is 2. The lowest BCUT2D eigenvalue weighted by Crippen LogP contribution is -2.34. The molecule has 0 radical (unpaired) electrons. The van der Waals surface area contributed by atoms with Crippen LogP contribution in [0.25, 0.3) is 33.3 Å². The van der Waals surface area contributed by atoms with Crippen LogP contribution in [0.1, 0.15) is 21.5 Å². The number of nitrogens with zero attached hydrogens (tertiary/aromatic N) is 1. The molecule has 0 atom stereocenters. The number of nitrogens with one attached hydrogen (secondary N) is 2. The lowest BCUT2D eigenvalue weighted by atomic mass is 10.1. The molecule has 5 rings (SSSR count). The highest BCUT2D eigenvalue weighted by Crippen LogP contribution is 2.29. The molecular formula is C28H23N3O3S. The van der Waals surface area contributed by atoms with Crippen LogP contribution in [0.3, 0.4) is 0 Å². The number of aromatic nitrogens is 1. The molecule has 0 saturated heterocycles. The number of benzene rings is 4. The molecule has 4 aromatic carbocycles. The number of carbonyl (C=O) groups excluding carboxylic acids is 1. The molecule has 0 aliphatic heterocycles. The molecule has 0 aliphatic rings. The first-order chi connectivity index (χ1) is 16.9. The molecule has 0 spiro atoms. The zero-order chi connectivity index (χ0) is 24.5. The van der Waals surface area contributed by atoms with Crippen LogP contribution in [-0.2, 0) is 0 Å². The summed E-state index contributed by atoms with van der Waals surface area (Å²) in [7, 11) is 1.54. The Kier molecular flexibility index (Phi) is 5.93. The largest absolute Gasteiger partial charge is 0.496 e. The van der Waals surface area contributed by atoms with Gasteiger partial charge >= 0.3 is 0 Å². The van der Waals surface area contributed by atoms with Gasteiger partial charge in [-0.15, -0.1) is 0 Å². The highest BCUT2D eigenvalue weighted by Gasteiger charge is 2.16. The second kappa shape index (κ2) is 9.19. The third kappa shape index (κ3) is 4.58. The number of oxazole rings is 1. The first-order valence-electron chi connectivity index (χ1n) is 11.1. The van der Waals surface area contributed by atoms with Crippen molar-refractivity contribution in [1.82, 2.24) is 10.3 Å². The molecule has 0 aliphatic carbocycles. The van der Waals surface area contributed by atoms with Crippen LogP contribution in [0.5, 0.6) is 5.75 Å². The Bertz CT molecular complexity index is 1610. The predicted molar refractivity (Wildman–Crippen MR) is 143 cm³/mol. The molecule has 7 heteroatoms. The molecule has 0 bridgehead atoms. The molecule has 0 saturated carbocycles. The molecule has 0 fully saturated rings. The molecule has 0 unspecified atom stereocenters. The number of rotatable bonds is 4. The number of aryl methyl sites for hydroxylation is 2. The van der Waals surface area contributed by atoms with Crippen LogP contribution in [-0.4, -0.2) is 23.1 Å². The third-order valence-corrected chi connectivity index (χ3v) is 6.02. The summed E-state index contributed by atoms with van der Waals surface area (Å²) in [5.41, 5.74) is 5.57. The Morgan fingerprint density at radius 2 is 1.74 bits per heavy atom. The average molecular weight is 482 g/mol. The van der Waals surface area contributed by atoms with Gasteiger partial charge in [0.2, 0.25) is 5.89 Å². The number of ether oxygens (including phenoxy) is 1. The number of anilines is 1. The summed E-state index contributed by atoms with van der Waals surface area (Å²) in [6.45, 7) is 3.97. The van der Waals surface area contributed by atoms with Gasteiger partial charge in [-0.05, 0) is 84.4 Å². The van der Waals surface area contributed by atoms with Gasteiger partial charge < -0.3 is 14.5 Å². The van der Waals surface area contributed by atoms with Crippen molar-refractivity contribution in [3.8, 4) is 17.2 Å². The Hall–Kier alpha value is -4.23. The smallest absolute Gasteiger partial charge is 0.261 e. The van der Waals surface area contributed by atoms with Gasteiger partial charge in [0.1, 0.15) is 11.3 Å². The number of fused-ring (bicyclic) bond motifs is 2. The van der Waals surface area contributed by atoms with Crippen molar-refractivity contribution in [1.29, 1.82) is 0 Å². The molecule has 2 N–H and O–H groups in total. The van der Waals surface area contributed by atoms with E-state index < -0.39 is 0 Å². The number of methoxy groups -OCH3 is 1. The van der Waals surface area contributed by atoms with Gasteiger partial charge in [-0.25, -0.2) is 4.98 Å². The Balaban J connectivity index is 1.37. The summed E-state index contributed by atoms with van der Waals surface area (Å²) in [4.78, 5) is 17.6. The normalized spacial score (nSPS) is 10.9. The minimum Gasteiger partial charge on any atom is -0.496 e. The molecule has 1 heterocycles. The van der Waals surface area contributed by atoms with Crippen LogP contribution >= 0.6 is 12.2 Å². The summed E-state index contributed by atoms with van der Waals surface area (Å²) in [5.74, 6) is 0.645. The average Bonchev–Trinajstić information content (AvgIpc) is 3.27. The van der Waals surface area contributed by atoms with E-state index in [1.54, 1.807) is 13.2 Å². The quantitative estimate of drug-likeness (QED) is 0.289. The van der Waals surface area contributed by atoms with Crippen molar-refractivity contribution in [2.24, 2.45) is 0 Å². The van der Waals surface area contributed by atoms with Gasteiger partial charge in [-0.2, -0.15) is 0 Å². The van der Waals surface area contributed by atoms with Crippen LogP contribution in [0.15, 0.2) is 77.2 Å². The lowest BCUT2D eigenvalue weighted by Gasteiger charge is -2.14. The van der Waals surface area contributed by atoms with E-state index >= 15 is 0 Å². The van der Waals surface area contributed by atoms with Gasteiger partial charge in [-0.1, -0.05) is 36.4 Å². The summed E-state index contributed by atoms with van der Waals surface area (Å²) in [6.07, 6.45) is 0. The fourth-order valence-corrected chi connectivity index (χ4v) is 4.14. The number of hydrogen-bond acceptors (Lipinski definition) is 5. The second-order valence-corrected chi connectivity index (χ2v) is 8.74. The second-order valence-electron chi connectivity index (χ2n) is 8.33.